The van der Waals surface area contributed by atoms with Gasteiger partial charge in [-0.15, -0.1) is 12.4 Å². The number of halogens is 1. The molecule has 0 saturated carbocycles. The zero-order valence-electron chi connectivity index (χ0n) is 11.6. The van der Waals surface area contributed by atoms with Crippen molar-refractivity contribution < 1.29 is 9.53 Å². The number of benzene rings is 1. The number of nitrogen functional groups attached to an aromatic ring is 1. The molecule has 1 fully saturated rings. The van der Waals surface area contributed by atoms with Crippen molar-refractivity contribution >= 4 is 24.0 Å². The fourth-order valence-corrected chi connectivity index (χ4v) is 2.29. The number of rotatable bonds is 5. The standard InChI is InChI=1S/C15H22N2O2.ClH/c16-14-7-2-1-5-12(14)8-9-15(18)17-11-13-6-3-4-10-19-13;/h1-2,5,7,13H,3-4,6,8-11,16H2,(H,17,18);1H. The van der Waals surface area contributed by atoms with Crippen LogP contribution in [0.5, 0.6) is 0 Å². The Morgan fingerprint density at radius 2 is 2.15 bits per heavy atom. The molecular formula is C15H23ClN2O2. The zero-order chi connectivity index (χ0) is 13.5. The molecule has 1 aliphatic heterocycles. The maximum atomic E-state index is 11.8. The van der Waals surface area contributed by atoms with Crippen molar-refractivity contribution in [2.24, 2.45) is 0 Å². The predicted molar refractivity (Wildman–Crippen MR) is 83.0 cm³/mol. The van der Waals surface area contributed by atoms with Crippen LogP contribution in [0.1, 0.15) is 31.2 Å². The molecule has 20 heavy (non-hydrogen) atoms. The highest BCUT2D eigenvalue weighted by atomic mass is 35.5. The van der Waals surface area contributed by atoms with Gasteiger partial charge in [0.15, 0.2) is 0 Å². The molecule has 3 N–H and O–H groups in total. The number of hydrogen-bond acceptors (Lipinski definition) is 3. The molecule has 4 nitrogen and oxygen atoms in total. The van der Waals surface area contributed by atoms with E-state index in [9.17, 15) is 4.79 Å². The van der Waals surface area contributed by atoms with Crippen LogP contribution in [0.4, 0.5) is 5.69 Å². The van der Waals surface area contributed by atoms with Crippen LogP contribution in [0, 0.1) is 0 Å². The molecule has 0 aliphatic carbocycles. The largest absolute Gasteiger partial charge is 0.399 e. The van der Waals surface area contributed by atoms with Crippen LogP contribution in [0.25, 0.3) is 0 Å². The monoisotopic (exact) mass is 298 g/mol. The third-order valence-corrected chi connectivity index (χ3v) is 3.48. The third-order valence-electron chi connectivity index (χ3n) is 3.48. The van der Waals surface area contributed by atoms with Gasteiger partial charge in [-0.25, -0.2) is 0 Å². The lowest BCUT2D eigenvalue weighted by atomic mass is 10.1. The summed E-state index contributed by atoms with van der Waals surface area (Å²) in [5.41, 5.74) is 7.64. The molecule has 0 aromatic heterocycles. The highest BCUT2D eigenvalue weighted by Gasteiger charge is 2.14. The minimum atomic E-state index is 0. The van der Waals surface area contributed by atoms with E-state index < -0.39 is 0 Å². The number of hydrogen-bond donors (Lipinski definition) is 2. The predicted octanol–water partition coefficient (Wildman–Crippen LogP) is 2.31. The first-order valence-corrected chi connectivity index (χ1v) is 6.97. The van der Waals surface area contributed by atoms with E-state index in [1.165, 1.54) is 6.42 Å². The number of aryl methyl sites for hydroxylation is 1. The number of carbonyl (C=O) groups excluding carboxylic acids is 1. The van der Waals surface area contributed by atoms with Gasteiger partial charge in [-0.2, -0.15) is 0 Å². The molecule has 2 rings (SSSR count). The molecule has 1 aromatic carbocycles. The van der Waals surface area contributed by atoms with E-state index in [-0.39, 0.29) is 24.4 Å². The van der Waals surface area contributed by atoms with Gasteiger partial charge in [-0.1, -0.05) is 18.2 Å². The van der Waals surface area contributed by atoms with Crippen molar-refractivity contribution in [3.8, 4) is 0 Å². The van der Waals surface area contributed by atoms with E-state index in [1.807, 2.05) is 24.3 Å². The average Bonchev–Trinajstić information content (AvgIpc) is 2.45. The first kappa shape index (κ1) is 16.8. The van der Waals surface area contributed by atoms with Gasteiger partial charge in [0, 0.05) is 25.3 Å². The number of carbonyl (C=O) groups is 1. The van der Waals surface area contributed by atoms with Gasteiger partial charge in [0.05, 0.1) is 6.10 Å². The molecule has 1 amide bonds. The minimum absolute atomic E-state index is 0. The molecule has 0 radical (unpaired) electrons. The van der Waals surface area contributed by atoms with E-state index in [4.69, 9.17) is 10.5 Å². The van der Waals surface area contributed by atoms with Crippen molar-refractivity contribution in [1.82, 2.24) is 5.32 Å². The summed E-state index contributed by atoms with van der Waals surface area (Å²) >= 11 is 0. The van der Waals surface area contributed by atoms with Crippen LogP contribution in [0.3, 0.4) is 0 Å². The Kier molecular flexibility index (Phi) is 7.41. The Morgan fingerprint density at radius 1 is 1.35 bits per heavy atom. The fourth-order valence-electron chi connectivity index (χ4n) is 2.29. The summed E-state index contributed by atoms with van der Waals surface area (Å²) in [7, 11) is 0. The van der Waals surface area contributed by atoms with Crippen molar-refractivity contribution in [3.05, 3.63) is 29.8 Å². The quantitative estimate of drug-likeness (QED) is 0.820. The Morgan fingerprint density at radius 3 is 2.85 bits per heavy atom. The van der Waals surface area contributed by atoms with Crippen LogP contribution < -0.4 is 11.1 Å². The van der Waals surface area contributed by atoms with Gasteiger partial charge in [-0.3, -0.25) is 4.79 Å². The number of anilines is 1. The zero-order valence-corrected chi connectivity index (χ0v) is 12.5. The highest BCUT2D eigenvalue weighted by molar-refractivity contribution is 5.85. The molecular weight excluding hydrogens is 276 g/mol. The van der Waals surface area contributed by atoms with Crippen LogP contribution in [0.2, 0.25) is 0 Å². The normalized spacial score (nSPS) is 18.1. The molecule has 0 bridgehead atoms. The lowest BCUT2D eigenvalue weighted by molar-refractivity contribution is -0.122. The van der Waals surface area contributed by atoms with Crippen LogP contribution in [0.15, 0.2) is 24.3 Å². The number of para-hydroxylation sites is 1. The number of nitrogens with one attached hydrogen (secondary N) is 1. The molecule has 1 saturated heterocycles. The maximum Gasteiger partial charge on any atom is 0.220 e. The maximum absolute atomic E-state index is 11.8. The Labute approximate surface area is 126 Å². The van der Waals surface area contributed by atoms with E-state index in [2.05, 4.69) is 5.32 Å². The number of amides is 1. The molecule has 1 heterocycles. The Balaban J connectivity index is 0.00000200. The average molecular weight is 299 g/mol. The second-order valence-electron chi connectivity index (χ2n) is 4.99. The minimum Gasteiger partial charge on any atom is -0.399 e. The van der Waals surface area contributed by atoms with Gasteiger partial charge >= 0.3 is 0 Å². The molecule has 1 unspecified atom stereocenters. The molecule has 0 spiro atoms. The summed E-state index contributed by atoms with van der Waals surface area (Å²) in [5.74, 6) is 0.0671. The lowest BCUT2D eigenvalue weighted by Gasteiger charge is -2.22. The Hall–Kier alpha value is -1.26. The number of ether oxygens (including phenoxy) is 1. The van der Waals surface area contributed by atoms with E-state index in [1.54, 1.807) is 0 Å². The van der Waals surface area contributed by atoms with E-state index in [0.717, 1.165) is 30.7 Å². The molecule has 1 aromatic rings. The summed E-state index contributed by atoms with van der Waals surface area (Å²) in [5, 5.41) is 2.94. The first-order valence-electron chi connectivity index (χ1n) is 6.97. The summed E-state index contributed by atoms with van der Waals surface area (Å²) in [6.45, 7) is 1.45. The smallest absolute Gasteiger partial charge is 0.220 e. The van der Waals surface area contributed by atoms with E-state index >= 15 is 0 Å². The second kappa shape index (κ2) is 8.82. The third kappa shape index (κ3) is 5.39. The van der Waals surface area contributed by atoms with Crippen LogP contribution in [-0.2, 0) is 16.0 Å². The first-order chi connectivity index (χ1) is 9.25. The molecule has 1 aliphatic rings. The highest BCUT2D eigenvalue weighted by Crippen LogP contribution is 2.13. The number of nitrogens with two attached hydrogens (primary N) is 1. The molecule has 112 valence electrons. The van der Waals surface area contributed by atoms with Crippen molar-refractivity contribution in [2.45, 2.75) is 38.2 Å². The van der Waals surface area contributed by atoms with E-state index in [0.29, 0.717) is 19.4 Å². The van der Waals surface area contributed by atoms with Crippen molar-refractivity contribution in [2.75, 3.05) is 18.9 Å². The Bertz CT molecular complexity index is 420. The van der Waals surface area contributed by atoms with Gasteiger partial charge in [0.1, 0.15) is 0 Å². The molecule has 5 heteroatoms. The summed E-state index contributed by atoms with van der Waals surface area (Å²) < 4.78 is 5.58. The van der Waals surface area contributed by atoms with Gasteiger partial charge in [0.2, 0.25) is 5.91 Å². The van der Waals surface area contributed by atoms with Gasteiger partial charge in [-0.05, 0) is 37.3 Å². The SMILES string of the molecule is Cl.Nc1ccccc1CCC(=O)NCC1CCCCO1. The lowest BCUT2D eigenvalue weighted by Crippen LogP contribution is -2.35. The molecule has 1 atom stereocenters. The summed E-state index contributed by atoms with van der Waals surface area (Å²) in [6, 6.07) is 7.68. The topological polar surface area (TPSA) is 64.4 Å². The summed E-state index contributed by atoms with van der Waals surface area (Å²) in [6.07, 6.45) is 4.73. The van der Waals surface area contributed by atoms with Crippen LogP contribution >= 0.6 is 12.4 Å². The van der Waals surface area contributed by atoms with Crippen molar-refractivity contribution in [1.29, 1.82) is 0 Å². The summed E-state index contributed by atoms with van der Waals surface area (Å²) in [4.78, 5) is 11.8. The van der Waals surface area contributed by atoms with Gasteiger partial charge in [0.25, 0.3) is 0 Å². The second-order valence-corrected chi connectivity index (χ2v) is 4.99. The van der Waals surface area contributed by atoms with Gasteiger partial charge < -0.3 is 15.8 Å². The van der Waals surface area contributed by atoms with Crippen LogP contribution in [-0.4, -0.2) is 25.2 Å². The fraction of sp³-hybridized carbons (Fsp3) is 0.533. The van der Waals surface area contributed by atoms with Crippen molar-refractivity contribution in [3.63, 3.8) is 0 Å².